The molecule has 0 unspecified atom stereocenters. The average molecular weight is 427 g/mol. The van der Waals surface area contributed by atoms with Crippen LogP contribution in [0.1, 0.15) is 38.5 Å². The van der Waals surface area contributed by atoms with Gasteiger partial charge in [-0.15, -0.1) is 0 Å². The van der Waals surface area contributed by atoms with Crippen molar-refractivity contribution in [3.63, 3.8) is 0 Å². The van der Waals surface area contributed by atoms with Crippen LogP contribution in [0, 0.1) is 17.8 Å². The fraction of sp³-hybridized carbons (Fsp3) is 0.632. The van der Waals surface area contributed by atoms with Crippen LogP contribution < -0.4 is 10.0 Å². The molecule has 1 heterocycles. The lowest BCUT2D eigenvalue weighted by Gasteiger charge is -2.20. The lowest BCUT2D eigenvalue weighted by molar-refractivity contribution is -0.117. The maximum atomic E-state index is 12.4. The molecule has 2 bridgehead atoms. The summed E-state index contributed by atoms with van der Waals surface area (Å²) in [4.78, 5) is 12.4. The number of sulfone groups is 1. The lowest BCUT2D eigenvalue weighted by atomic mass is 9.86. The van der Waals surface area contributed by atoms with Gasteiger partial charge in [0.15, 0.2) is 9.84 Å². The van der Waals surface area contributed by atoms with Crippen LogP contribution >= 0.6 is 0 Å². The number of anilines is 1. The molecule has 154 valence electrons. The fourth-order valence-corrected chi connectivity index (χ4v) is 8.02. The first-order valence-corrected chi connectivity index (χ1v) is 13.1. The highest BCUT2D eigenvalue weighted by Gasteiger charge is 2.40. The number of fused-ring (bicyclic) bond motifs is 2. The third kappa shape index (κ3) is 4.41. The Hall–Kier alpha value is -1.45. The highest BCUT2D eigenvalue weighted by atomic mass is 32.2. The zero-order chi connectivity index (χ0) is 19.9. The normalized spacial score (nSPS) is 31.1. The van der Waals surface area contributed by atoms with Gasteiger partial charge in [0.2, 0.25) is 15.9 Å². The Labute approximate surface area is 166 Å². The first-order chi connectivity index (χ1) is 13.2. The smallest absolute Gasteiger partial charge is 0.240 e. The molecule has 7 nitrogen and oxygen atoms in total. The van der Waals surface area contributed by atoms with Crippen molar-refractivity contribution in [2.75, 3.05) is 16.8 Å². The lowest BCUT2D eigenvalue weighted by Crippen LogP contribution is -2.35. The number of hydrogen-bond donors (Lipinski definition) is 2. The van der Waals surface area contributed by atoms with Gasteiger partial charge >= 0.3 is 0 Å². The van der Waals surface area contributed by atoms with E-state index < -0.39 is 25.9 Å². The summed E-state index contributed by atoms with van der Waals surface area (Å²) in [6, 6.07) is 5.41. The van der Waals surface area contributed by atoms with Gasteiger partial charge in [0.1, 0.15) is 0 Å². The van der Waals surface area contributed by atoms with Crippen molar-refractivity contribution in [1.82, 2.24) is 4.72 Å². The summed E-state index contributed by atoms with van der Waals surface area (Å²) in [5, 5.41) is 2.86. The molecule has 0 spiro atoms. The van der Waals surface area contributed by atoms with Crippen LogP contribution in [0.15, 0.2) is 29.2 Å². The van der Waals surface area contributed by atoms with E-state index in [0.717, 1.165) is 12.3 Å². The molecule has 0 radical (unpaired) electrons. The minimum atomic E-state index is -3.79. The van der Waals surface area contributed by atoms with Gasteiger partial charge in [0, 0.05) is 18.2 Å². The number of sulfonamides is 1. The molecule has 2 aliphatic carbocycles. The van der Waals surface area contributed by atoms with Gasteiger partial charge in [0.25, 0.3) is 0 Å². The van der Waals surface area contributed by atoms with Crippen molar-refractivity contribution in [1.29, 1.82) is 0 Å². The largest absolute Gasteiger partial charge is 0.326 e. The van der Waals surface area contributed by atoms with Crippen LogP contribution in [0.4, 0.5) is 5.69 Å². The van der Waals surface area contributed by atoms with Gasteiger partial charge in [-0.25, -0.2) is 21.6 Å². The third-order valence-corrected chi connectivity index (χ3v) is 9.64. The summed E-state index contributed by atoms with van der Waals surface area (Å²) >= 11 is 0. The number of rotatable bonds is 6. The molecule has 1 aliphatic heterocycles. The van der Waals surface area contributed by atoms with Crippen molar-refractivity contribution in [2.45, 2.75) is 49.5 Å². The average Bonchev–Trinajstić information content (AvgIpc) is 3.30. The summed E-state index contributed by atoms with van der Waals surface area (Å²) in [6.07, 6.45) is 5.78. The van der Waals surface area contributed by atoms with E-state index in [-0.39, 0.29) is 22.3 Å². The van der Waals surface area contributed by atoms with Crippen LogP contribution in [-0.4, -0.2) is 40.3 Å². The van der Waals surface area contributed by atoms with E-state index in [1.54, 1.807) is 12.1 Å². The molecule has 2 saturated carbocycles. The summed E-state index contributed by atoms with van der Waals surface area (Å²) in [5.74, 6) is 1.79. The molecule has 4 rings (SSSR count). The fourth-order valence-electron chi connectivity index (χ4n) is 4.97. The molecule has 1 aromatic carbocycles. The third-order valence-electron chi connectivity index (χ3n) is 6.33. The van der Waals surface area contributed by atoms with Gasteiger partial charge < -0.3 is 5.32 Å². The first-order valence-electron chi connectivity index (χ1n) is 9.83. The molecule has 28 heavy (non-hydrogen) atoms. The SMILES string of the molecule is O=C(C[C@@H]1C[C@H]2CC[C@H]1C2)Nc1ccc(S(=O)(=O)N[C@H]2CCS(=O)(=O)C2)cc1. The highest BCUT2D eigenvalue weighted by Crippen LogP contribution is 2.49. The van der Waals surface area contributed by atoms with Crippen molar-refractivity contribution >= 4 is 31.5 Å². The van der Waals surface area contributed by atoms with Gasteiger partial charge in [-0.2, -0.15) is 0 Å². The summed E-state index contributed by atoms with van der Waals surface area (Å²) in [7, 11) is -6.95. The standard InChI is InChI=1S/C19H26N2O5S2/c22-19(11-15-10-13-1-2-14(15)9-13)20-16-3-5-18(6-4-16)28(25,26)21-17-7-8-27(23,24)12-17/h3-6,13-15,17,21H,1-2,7-12H2,(H,20,22)/t13-,14-,15-,17-/m0/s1. The minimum Gasteiger partial charge on any atom is -0.326 e. The van der Waals surface area contributed by atoms with E-state index in [1.807, 2.05) is 0 Å². The van der Waals surface area contributed by atoms with Crippen LogP contribution in [0.3, 0.4) is 0 Å². The first kappa shape index (κ1) is 19.8. The van der Waals surface area contributed by atoms with Crippen molar-refractivity contribution in [2.24, 2.45) is 17.8 Å². The Morgan fingerprint density at radius 2 is 1.82 bits per heavy atom. The van der Waals surface area contributed by atoms with Gasteiger partial charge in [-0.3, -0.25) is 4.79 Å². The topological polar surface area (TPSA) is 109 Å². The molecular formula is C19H26N2O5S2. The highest BCUT2D eigenvalue weighted by molar-refractivity contribution is 7.92. The van der Waals surface area contributed by atoms with Crippen molar-refractivity contribution in [3.05, 3.63) is 24.3 Å². The van der Waals surface area contributed by atoms with E-state index in [2.05, 4.69) is 10.0 Å². The van der Waals surface area contributed by atoms with Gasteiger partial charge in [-0.1, -0.05) is 6.42 Å². The zero-order valence-electron chi connectivity index (χ0n) is 15.6. The quantitative estimate of drug-likeness (QED) is 0.722. The van der Waals surface area contributed by atoms with E-state index in [1.165, 1.54) is 31.4 Å². The van der Waals surface area contributed by atoms with Crippen LogP contribution in [-0.2, 0) is 24.7 Å². The molecule has 1 amide bonds. The maximum Gasteiger partial charge on any atom is 0.240 e. The summed E-state index contributed by atoms with van der Waals surface area (Å²) < 4.78 is 50.3. The second kappa shape index (κ2) is 7.42. The van der Waals surface area contributed by atoms with Gasteiger partial charge in [-0.05, 0) is 67.7 Å². The van der Waals surface area contributed by atoms with Crippen molar-refractivity contribution < 1.29 is 21.6 Å². The molecule has 2 N–H and O–H groups in total. The summed E-state index contributed by atoms with van der Waals surface area (Å²) in [5.41, 5.74) is 0.565. The second-order valence-electron chi connectivity index (χ2n) is 8.43. The summed E-state index contributed by atoms with van der Waals surface area (Å²) in [6.45, 7) is 0. The molecule has 3 fully saturated rings. The van der Waals surface area contributed by atoms with E-state index in [4.69, 9.17) is 0 Å². The molecule has 0 aromatic heterocycles. The number of hydrogen-bond acceptors (Lipinski definition) is 5. The molecule has 3 aliphatic rings. The van der Waals surface area contributed by atoms with Crippen LogP contribution in [0.25, 0.3) is 0 Å². The Balaban J connectivity index is 1.33. The Morgan fingerprint density at radius 3 is 2.39 bits per heavy atom. The number of carbonyl (C=O) groups excluding carboxylic acids is 1. The van der Waals surface area contributed by atoms with E-state index >= 15 is 0 Å². The monoisotopic (exact) mass is 426 g/mol. The van der Waals surface area contributed by atoms with E-state index in [9.17, 15) is 21.6 Å². The molecular weight excluding hydrogens is 400 g/mol. The van der Waals surface area contributed by atoms with Crippen LogP contribution in [0.2, 0.25) is 0 Å². The van der Waals surface area contributed by atoms with Gasteiger partial charge in [0.05, 0.1) is 16.4 Å². The predicted molar refractivity (Wildman–Crippen MR) is 106 cm³/mol. The Kier molecular flexibility index (Phi) is 5.26. The molecule has 1 saturated heterocycles. The Bertz CT molecular complexity index is 957. The predicted octanol–water partition coefficient (Wildman–Crippen LogP) is 1.92. The second-order valence-corrected chi connectivity index (χ2v) is 12.4. The number of benzene rings is 1. The molecule has 4 atom stereocenters. The maximum absolute atomic E-state index is 12.4. The molecule has 9 heteroatoms. The minimum absolute atomic E-state index is 0.00769. The zero-order valence-corrected chi connectivity index (χ0v) is 17.3. The Morgan fingerprint density at radius 1 is 1.07 bits per heavy atom. The van der Waals surface area contributed by atoms with E-state index in [0.29, 0.717) is 30.4 Å². The number of nitrogens with one attached hydrogen (secondary N) is 2. The van der Waals surface area contributed by atoms with Crippen LogP contribution in [0.5, 0.6) is 0 Å². The molecule has 1 aromatic rings. The number of amides is 1. The number of carbonyl (C=O) groups is 1. The van der Waals surface area contributed by atoms with Crippen molar-refractivity contribution in [3.8, 4) is 0 Å².